The summed E-state index contributed by atoms with van der Waals surface area (Å²) in [6.45, 7) is 3.23. The highest BCUT2D eigenvalue weighted by atomic mass is 35.5. The van der Waals surface area contributed by atoms with Gasteiger partial charge in [-0.2, -0.15) is 0 Å². The molecule has 0 aromatic heterocycles. The van der Waals surface area contributed by atoms with Gasteiger partial charge in [-0.1, -0.05) is 0 Å². The molecule has 124 valence electrons. The van der Waals surface area contributed by atoms with Crippen molar-refractivity contribution >= 4 is 7.87 Å². The Morgan fingerprint density at radius 3 is 1.20 bits per heavy atom. The van der Waals surface area contributed by atoms with Gasteiger partial charge >= 0.3 is 7.87 Å². The molecule has 0 unspecified atom stereocenters. The van der Waals surface area contributed by atoms with Gasteiger partial charge < -0.3 is 21.9 Å². The van der Waals surface area contributed by atoms with E-state index in [-0.39, 0.29) is 12.4 Å². The van der Waals surface area contributed by atoms with E-state index in [9.17, 15) is 0 Å². The van der Waals surface area contributed by atoms with Gasteiger partial charge in [0.2, 0.25) is 0 Å². The lowest BCUT2D eigenvalue weighted by molar-refractivity contribution is -0.00000507. The van der Waals surface area contributed by atoms with E-state index in [1.165, 1.54) is 0 Å². The Hall–Kier alpha value is 0.480. The number of methoxy groups -OCH3 is 2. The third-order valence-corrected chi connectivity index (χ3v) is 7.48. The highest BCUT2D eigenvalue weighted by Gasteiger charge is 2.53. The first-order valence-electron chi connectivity index (χ1n) is 6.51. The van der Waals surface area contributed by atoms with E-state index in [2.05, 4.69) is 61.0 Å². The standard InChI is InChI=1S/C12H32N4O2P.ClH/c1-13(2)19(14(3)4,15(5)6)16(9-11-17-7)10-12-18-8;/h9-12H2,1-8H3;1H/q+1;/p-1. The molecule has 0 saturated heterocycles. The molecule has 0 aromatic rings. The topological polar surface area (TPSA) is 31.4 Å². The second kappa shape index (κ2) is 11.1. The summed E-state index contributed by atoms with van der Waals surface area (Å²) in [4.78, 5) is 0. The van der Waals surface area contributed by atoms with E-state index in [1.807, 2.05) is 0 Å². The van der Waals surface area contributed by atoms with Crippen molar-refractivity contribution in [1.82, 2.24) is 18.7 Å². The fourth-order valence-corrected chi connectivity index (χ4v) is 6.97. The van der Waals surface area contributed by atoms with Gasteiger partial charge in [-0.25, -0.2) is 0 Å². The van der Waals surface area contributed by atoms with Crippen molar-refractivity contribution in [3.63, 3.8) is 0 Å². The molecule has 0 radical (unpaired) electrons. The van der Waals surface area contributed by atoms with Crippen LogP contribution in [0, 0.1) is 0 Å². The molecular formula is C12H32ClN4O2P. The highest BCUT2D eigenvalue weighted by molar-refractivity contribution is 7.66. The Morgan fingerprint density at radius 1 is 0.700 bits per heavy atom. The van der Waals surface area contributed by atoms with E-state index in [0.29, 0.717) is 0 Å². The molecule has 0 heterocycles. The number of nitrogens with zero attached hydrogens (tertiary/aromatic N) is 4. The number of rotatable bonds is 10. The fourth-order valence-electron chi connectivity index (χ4n) is 2.61. The Bertz CT molecular complexity index is 216. The Morgan fingerprint density at radius 2 is 1.00 bits per heavy atom. The van der Waals surface area contributed by atoms with Crippen LogP contribution in [0.2, 0.25) is 0 Å². The molecule has 0 aliphatic rings. The van der Waals surface area contributed by atoms with Crippen LogP contribution in [0.5, 0.6) is 0 Å². The first-order valence-corrected chi connectivity index (χ1v) is 8.11. The summed E-state index contributed by atoms with van der Waals surface area (Å²) in [5.41, 5.74) is 0. The molecular weight excluding hydrogens is 299 g/mol. The molecule has 0 aliphatic heterocycles. The quantitative estimate of drug-likeness (QED) is 0.429. The molecule has 0 spiro atoms. The zero-order valence-corrected chi connectivity index (χ0v) is 15.9. The van der Waals surface area contributed by atoms with Crippen molar-refractivity contribution < 1.29 is 21.9 Å². The summed E-state index contributed by atoms with van der Waals surface area (Å²) >= 11 is 0. The number of halogens is 1. The predicted molar refractivity (Wildman–Crippen MR) is 83.3 cm³/mol. The van der Waals surface area contributed by atoms with E-state index in [0.717, 1.165) is 26.3 Å². The number of hydrogen-bond acceptors (Lipinski definition) is 6. The molecule has 0 fully saturated rings. The third-order valence-electron chi connectivity index (χ3n) is 3.10. The van der Waals surface area contributed by atoms with Crippen LogP contribution in [0.15, 0.2) is 0 Å². The van der Waals surface area contributed by atoms with Crippen LogP contribution in [-0.2, 0) is 9.47 Å². The van der Waals surface area contributed by atoms with Crippen molar-refractivity contribution in [1.29, 1.82) is 0 Å². The summed E-state index contributed by atoms with van der Waals surface area (Å²) < 4.78 is 20.0. The minimum atomic E-state index is -1.71. The van der Waals surface area contributed by atoms with Crippen molar-refractivity contribution in [2.75, 3.05) is 82.8 Å². The van der Waals surface area contributed by atoms with Crippen LogP contribution in [0.4, 0.5) is 0 Å². The van der Waals surface area contributed by atoms with E-state index < -0.39 is 7.87 Å². The monoisotopic (exact) mass is 330 g/mol. The first-order chi connectivity index (χ1) is 8.85. The smallest absolute Gasteiger partial charge is 0.307 e. The summed E-state index contributed by atoms with van der Waals surface area (Å²) in [6.07, 6.45) is 0. The lowest BCUT2D eigenvalue weighted by Crippen LogP contribution is -3.00. The lowest BCUT2D eigenvalue weighted by atomic mass is 10.6. The Balaban J connectivity index is 0. The Kier molecular flexibility index (Phi) is 12.6. The van der Waals surface area contributed by atoms with Gasteiger partial charge in [0.25, 0.3) is 0 Å². The van der Waals surface area contributed by atoms with Crippen molar-refractivity contribution in [3.05, 3.63) is 0 Å². The van der Waals surface area contributed by atoms with Crippen LogP contribution in [0.1, 0.15) is 0 Å². The molecule has 0 aromatic carbocycles. The number of hydrogen-bond donors (Lipinski definition) is 0. The molecule has 0 N–H and O–H groups in total. The average molecular weight is 331 g/mol. The van der Waals surface area contributed by atoms with Gasteiger partial charge in [0, 0.05) is 56.5 Å². The normalized spacial score (nSPS) is 12.6. The van der Waals surface area contributed by atoms with Gasteiger partial charge in [-0.05, 0) is 0 Å². The Labute approximate surface area is 131 Å². The van der Waals surface area contributed by atoms with Crippen LogP contribution >= 0.6 is 7.87 Å². The van der Waals surface area contributed by atoms with Gasteiger partial charge in [0.15, 0.2) is 0 Å². The molecule has 0 amide bonds. The van der Waals surface area contributed by atoms with Crippen LogP contribution in [0.3, 0.4) is 0 Å². The van der Waals surface area contributed by atoms with E-state index in [4.69, 9.17) is 9.47 Å². The van der Waals surface area contributed by atoms with Crippen LogP contribution < -0.4 is 12.4 Å². The molecule has 0 atom stereocenters. The van der Waals surface area contributed by atoms with Gasteiger partial charge in [-0.15, -0.1) is 18.7 Å². The first kappa shape index (κ1) is 22.8. The maximum Gasteiger partial charge on any atom is 0.307 e. The summed E-state index contributed by atoms with van der Waals surface area (Å²) in [7, 11) is 14.6. The molecule has 0 rings (SSSR count). The third kappa shape index (κ3) is 5.35. The van der Waals surface area contributed by atoms with Crippen molar-refractivity contribution in [3.8, 4) is 0 Å². The highest BCUT2D eigenvalue weighted by Crippen LogP contribution is 2.66. The molecule has 0 saturated carbocycles. The summed E-state index contributed by atoms with van der Waals surface area (Å²) in [5.74, 6) is 0. The minimum Gasteiger partial charge on any atom is -1.00 e. The molecule has 20 heavy (non-hydrogen) atoms. The molecule has 6 nitrogen and oxygen atoms in total. The molecule has 8 heteroatoms. The second-order valence-electron chi connectivity index (χ2n) is 5.02. The maximum atomic E-state index is 5.27. The zero-order valence-electron chi connectivity index (χ0n) is 14.3. The van der Waals surface area contributed by atoms with Gasteiger partial charge in [0.05, 0.1) is 26.3 Å². The number of ether oxygens (including phenoxy) is 2. The summed E-state index contributed by atoms with van der Waals surface area (Å²) in [5, 5.41) is 0. The minimum absolute atomic E-state index is 0. The maximum absolute atomic E-state index is 5.27. The largest absolute Gasteiger partial charge is 1.00 e. The van der Waals surface area contributed by atoms with Crippen molar-refractivity contribution in [2.45, 2.75) is 0 Å². The second-order valence-corrected chi connectivity index (χ2v) is 9.06. The van der Waals surface area contributed by atoms with E-state index in [1.54, 1.807) is 14.2 Å². The predicted octanol–water partition coefficient (Wildman–Crippen LogP) is -2.05. The lowest BCUT2D eigenvalue weighted by Gasteiger charge is -2.45. The SMILES string of the molecule is COCCN(CCOC)[P+](N(C)C)(N(C)C)N(C)C.[Cl-]. The van der Waals surface area contributed by atoms with Crippen molar-refractivity contribution in [2.24, 2.45) is 0 Å². The van der Waals surface area contributed by atoms with Crippen LogP contribution in [-0.4, -0.2) is 101 Å². The van der Waals surface area contributed by atoms with Crippen LogP contribution in [0.25, 0.3) is 0 Å². The average Bonchev–Trinajstić information content (AvgIpc) is 2.31. The fraction of sp³-hybridized carbons (Fsp3) is 1.00. The molecule has 0 aliphatic carbocycles. The zero-order chi connectivity index (χ0) is 15.1. The summed E-state index contributed by atoms with van der Waals surface area (Å²) in [6, 6.07) is 0. The molecule has 0 bridgehead atoms. The van der Waals surface area contributed by atoms with Gasteiger partial charge in [-0.3, -0.25) is 0 Å². The van der Waals surface area contributed by atoms with E-state index >= 15 is 0 Å². The van der Waals surface area contributed by atoms with Gasteiger partial charge in [0.1, 0.15) is 0 Å².